The van der Waals surface area contributed by atoms with Crippen molar-refractivity contribution in [3.63, 3.8) is 0 Å². The molecule has 21 heavy (non-hydrogen) atoms. The minimum Gasteiger partial charge on any atom is -0.371 e. The number of aryl methyl sites for hydroxylation is 1. The van der Waals surface area contributed by atoms with Gasteiger partial charge in [0.1, 0.15) is 0 Å². The minimum absolute atomic E-state index is 0.172. The van der Waals surface area contributed by atoms with E-state index in [0.29, 0.717) is 17.5 Å². The van der Waals surface area contributed by atoms with E-state index in [-0.39, 0.29) is 6.04 Å². The summed E-state index contributed by atoms with van der Waals surface area (Å²) in [6, 6.07) is 9.32. The monoisotopic (exact) mass is 308 g/mol. The van der Waals surface area contributed by atoms with E-state index in [0.717, 1.165) is 32.4 Å². The van der Waals surface area contributed by atoms with Crippen LogP contribution in [0.25, 0.3) is 0 Å². The fourth-order valence-corrected chi connectivity index (χ4v) is 5.01. The van der Waals surface area contributed by atoms with Gasteiger partial charge in [-0.25, -0.2) is 8.42 Å². The highest BCUT2D eigenvalue weighted by Crippen LogP contribution is 2.21. The van der Waals surface area contributed by atoms with E-state index in [4.69, 9.17) is 0 Å². The summed E-state index contributed by atoms with van der Waals surface area (Å²) >= 11 is 0. The lowest BCUT2D eigenvalue weighted by atomic mass is 10.0. The van der Waals surface area contributed by atoms with Gasteiger partial charge >= 0.3 is 0 Å². The molecule has 5 heteroatoms. The fourth-order valence-electron chi connectivity index (χ4n) is 3.32. The zero-order valence-electron chi connectivity index (χ0n) is 12.6. The molecule has 1 aromatic carbocycles. The molecule has 2 fully saturated rings. The molecule has 3 rings (SSSR count). The second kappa shape index (κ2) is 5.97. The summed E-state index contributed by atoms with van der Waals surface area (Å²) in [5.74, 6) is 0.679. The third-order valence-electron chi connectivity index (χ3n) is 4.60. The molecule has 4 nitrogen and oxygen atoms in total. The number of hydrogen-bond acceptors (Lipinski definition) is 4. The zero-order valence-corrected chi connectivity index (χ0v) is 13.4. The average molecular weight is 308 g/mol. The third kappa shape index (κ3) is 3.77. The van der Waals surface area contributed by atoms with Gasteiger partial charge in [0.2, 0.25) is 0 Å². The van der Waals surface area contributed by atoms with Gasteiger partial charge in [0, 0.05) is 30.9 Å². The quantitative estimate of drug-likeness (QED) is 0.924. The molecular formula is C16H24N2O2S. The van der Waals surface area contributed by atoms with Crippen molar-refractivity contribution in [2.75, 3.05) is 29.5 Å². The third-order valence-corrected chi connectivity index (χ3v) is 6.37. The van der Waals surface area contributed by atoms with Gasteiger partial charge in [0.15, 0.2) is 9.84 Å². The SMILES string of the molecule is Cc1ccc(N2CCC(N[C@H]3CCS(=O)(=O)C3)CC2)cc1. The number of anilines is 1. The Hall–Kier alpha value is -1.07. The summed E-state index contributed by atoms with van der Waals surface area (Å²) < 4.78 is 23.0. The average Bonchev–Trinajstić information content (AvgIpc) is 2.80. The lowest BCUT2D eigenvalue weighted by Gasteiger charge is -2.35. The van der Waals surface area contributed by atoms with Gasteiger partial charge in [0.05, 0.1) is 11.5 Å². The second-order valence-electron chi connectivity index (χ2n) is 6.36. The summed E-state index contributed by atoms with van der Waals surface area (Å²) in [7, 11) is -2.78. The van der Waals surface area contributed by atoms with Gasteiger partial charge < -0.3 is 10.2 Å². The maximum absolute atomic E-state index is 11.5. The summed E-state index contributed by atoms with van der Waals surface area (Å²) in [6.45, 7) is 4.19. The molecule has 0 bridgehead atoms. The first kappa shape index (κ1) is 14.9. The van der Waals surface area contributed by atoms with Gasteiger partial charge in [-0.05, 0) is 38.3 Å². The van der Waals surface area contributed by atoms with Gasteiger partial charge in [-0.2, -0.15) is 0 Å². The normalized spacial score (nSPS) is 26.1. The van der Waals surface area contributed by atoms with Crippen LogP contribution in [-0.4, -0.2) is 45.1 Å². The number of benzene rings is 1. The van der Waals surface area contributed by atoms with Crippen molar-refractivity contribution >= 4 is 15.5 Å². The molecule has 2 heterocycles. The van der Waals surface area contributed by atoms with Crippen molar-refractivity contribution < 1.29 is 8.42 Å². The van der Waals surface area contributed by atoms with Gasteiger partial charge in [0.25, 0.3) is 0 Å². The first-order valence-electron chi connectivity index (χ1n) is 7.80. The lowest BCUT2D eigenvalue weighted by molar-refractivity contribution is 0.379. The largest absolute Gasteiger partial charge is 0.371 e. The van der Waals surface area contributed by atoms with Crippen molar-refractivity contribution in [3.05, 3.63) is 29.8 Å². The molecule has 116 valence electrons. The Labute approximate surface area is 127 Å². The fraction of sp³-hybridized carbons (Fsp3) is 0.625. The van der Waals surface area contributed by atoms with Crippen molar-refractivity contribution in [2.24, 2.45) is 0 Å². The van der Waals surface area contributed by atoms with Crippen molar-refractivity contribution in [1.29, 1.82) is 0 Å². The van der Waals surface area contributed by atoms with Crippen LogP contribution in [0, 0.1) is 6.92 Å². The standard InChI is InChI=1S/C16H24N2O2S/c1-13-2-4-16(5-3-13)18-9-6-14(7-10-18)17-15-8-11-21(19,20)12-15/h2-5,14-15,17H,6-12H2,1H3/t15-/m0/s1. The van der Waals surface area contributed by atoms with Crippen molar-refractivity contribution in [3.8, 4) is 0 Å². The number of hydrogen-bond donors (Lipinski definition) is 1. The summed E-state index contributed by atoms with van der Waals surface area (Å²) in [6.07, 6.45) is 2.95. The Balaban J connectivity index is 1.50. The summed E-state index contributed by atoms with van der Waals surface area (Å²) in [4.78, 5) is 2.42. The number of piperidine rings is 1. The van der Waals surface area contributed by atoms with E-state index < -0.39 is 9.84 Å². The molecule has 2 aliphatic heterocycles. The van der Waals surface area contributed by atoms with E-state index >= 15 is 0 Å². The molecule has 0 radical (unpaired) electrons. The molecule has 2 saturated heterocycles. The molecular weight excluding hydrogens is 284 g/mol. The Bertz CT molecular complexity index is 575. The molecule has 0 amide bonds. The number of sulfone groups is 1. The maximum Gasteiger partial charge on any atom is 0.151 e. The van der Waals surface area contributed by atoms with E-state index in [1.165, 1.54) is 11.3 Å². The number of nitrogens with one attached hydrogen (secondary N) is 1. The molecule has 1 aromatic rings. The van der Waals surface area contributed by atoms with Crippen LogP contribution in [0.15, 0.2) is 24.3 Å². The summed E-state index contributed by atoms with van der Waals surface area (Å²) in [5.41, 5.74) is 2.58. The van der Waals surface area contributed by atoms with Crippen molar-refractivity contribution in [1.82, 2.24) is 5.32 Å². The van der Waals surface area contributed by atoms with Crippen LogP contribution in [0.2, 0.25) is 0 Å². The smallest absolute Gasteiger partial charge is 0.151 e. The number of nitrogens with zero attached hydrogens (tertiary/aromatic N) is 1. The van der Waals surface area contributed by atoms with Crippen LogP contribution in [-0.2, 0) is 9.84 Å². The number of rotatable bonds is 3. The molecule has 1 atom stereocenters. The lowest BCUT2D eigenvalue weighted by Crippen LogP contribution is -2.46. The van der Waals surface area contributed by atoms with Gasteiger partial charge in [-0.15, -0.1) is 0 Å². The summed E-state index contributed by atoms with van der Waals surface area (Å²) in [5, 5.41) is 3.55. The molecule has 0 unspecified atom stereocenters. The van der Waals surface area contributed by atoms with Gasteiger partial charge in [-0.3, -0.25) is 0 Å². The van der Waals surface area contributed by atoms with Crippen LogP contribution < -0.4 is 10.2 Å². The molecule has 0 saturated carbocycles. The zero-order chi connectivity index (χ0) is 14.9. The predicted octanol–water partition coefficient (Wildman–Crippen LogP) is 1.74. The van der Waals surface area contributed by atoms with E-state index in [2.05, 4.69) is 41.4 Å². The Kier molecular flexibility index (Phi) is 4.22. The molecule has 1 N–H and O–H groups in total. The van der Waals surface area contributed by atoms with Crippen LogP contribution in [0.1, 0.15) is 24.8 Å². The Morgan fingerprint density at radius 1 is 1.05 bits per heavy atom. The van der Waals surface area contributed by atoms with Crippen LogP contribution >= 0.6 is 0 Å². The highest BCUT2D eigenvalue weighted by atomic mass is 32.2. The first-order chi connectivity index (χ1) is 10.0. The molecule has 0 spiro atoms. The van der Waals surface area contributed by atoms with Crippen LogP contribution in [0.3, 0.4) is 0 Å². The maximum atomic E-state index is 11.5. The second-order valence-corrected chi connectivity index (χ2v) is 8.59. The highest BCUT2D eigenvalue weighted by Gasteiger charge is 2.30. The van der Waals surface area contributed by atoms with E-state index in [1.807, 2.05) is 0 Å². The Morgan fingerprint density at radius 3 is 2.29 bits per heavy atom. The highest BCUT2D eigenvalue weighted by molar-refractivity contribution is 7.91. The van der Waals surface area contributed by atoms with E-state index in [9.17, 15) is 8.42 Å². The van der Waals surface area contributed by atoms with Crippen LogP contribution in [0.5, 0.6) is 0 Å². The molecule has 0 aliphatic carbocycles. The van der Waals surface area contributed by atoms with Crippen molar-refractivity contribution in [2.45, 2.75) is 38.3 Å². The minimum atomic E-state index is -2.78. The van der Waals surface area contributed by atoms with E-state index in [1.54, 1.807) is 0 Å². The first-order valence-corrected chi connectivity index (χ1v) is 9.62. The predicted molar refractivity (Wildman–Crippen MR) is 86.6 cm³/mol. The van der Waals surface area contributed by atoms with Gasteiger partial charge in [-0.1, -0.05) is 17.7 Å². The topological polar surface area (TPSA) is 49.4 Å². The molecule has 0 aromatic heterocycles. The van der Waals surface area contributed by atoms with Crippen LogP contribution in [0.4, 0.5) is 5.69 Å². The molecule has 2 aliphatic rings. The Morgan fingerprint density at radius 2 is 1.71 bits per heavy atom.